The first kappa shape index (κ1) is 10.9. The van der Waals surface area contributed by atoms with E-state index in [1.54, 1.807) is 10.7 Å². The van der Waals surface area contributed by atoms with Crippen molar-refractivity contribution in [2.45, 2.75) is 0 Å². The van der Waals surface area contributed by atoms with Crippen LogP contribution in [0.3, 0.4) is 0 Å². The summed E-state index contributed by atoms with van der Waals surface area (Å²) < 4.78 is 6.41. The number of hydrogen-bond donors (Lipinski definition) is 0. The lowest BCUT2D eigenvalue weighted by molar-refractivity contribution is 0.0606. The van der Waals surface area contributed by atoms with Gasteiger partial charge in [-0.1, -0.05) is 23.4 Å². The van der Waals surface area contributed by atoms with Crippen molar-refractivity contribution in [2.24, 2.45) is 0 Å². The molecule has 1 aromatic carbocycles. The van der Waals surface area contributed by atoms with E-state index in [1.165, 1.54) is 18.4 Å². The lowest BCUT2D eigenvalue weighted by atomic mass is 10.3. The topological polar surface area (TPSA) is 57.0 Å². The number of fused-ring (bicyclic) bond motifs is 1. The molecular weight excluding hydrogens is 250 g/mol. The Bertz CT molecular complexity index is 703. The van der Waals surface area contributed by atoms with E-state index in [0.717, 1.165) is 10.5 Å². The molecule has 0 unspecified atom stereocenters. The lowest BCUT2D eigenvalue weighted by Gasteiger charge is -1.98. The standard InChI is InChI=1S/C12H9N3O2S/c1-17-12(16)10-7-9-11(18-10)15(14-13-9)8-5-3-2-4-6-8/h2-7H,1H3. The Balaban J connectivity index is 2.14. The second kappa shape index (κ2) is 4.23. The summed E-state index contributed by atoms with van der Waals surface area (Å²) in [7, 11) is 1.36. The summed E-state index contributed by atoms with van der Waals surface area (Å²) in [6.45, 7) is 0. The van der Waals surface area contributed by atoms with Gasteiger partial charge in [-0.3, -0.25) is 0 Å². The molecule has 6 heteroatoms. The van der Waals surface area contributed by atoms with E-state index in [2.05, 4.69) is 10.3 Å². The van der Waals surface area contributed by atoms with Crippen molar-refractivity contribution in [1.29, 1.82) is 0 Å². The number of hydrogen-bond acceptors (Lipinski definition) is 5. The van der Waals surface area contributed by atoms with E-state index in [9.17, 15) is 4.79 Å². The maximum atomic E-state index is 11.5. The highest BCUT2D eigenvalue weighted by molar-refractivity contribution is 7.20. The SMILES string of the molecule is COC(=O)c1cc2nnn(-c3ccccc3)c2s1. The van der Waals surface area contributed by atoms with E-state index < -0.39 is 0 Å². The van der Waals surface area contributed by atoms with Gasteiger partial charge < -0.3 is 4.74 Å². The van der Waals surface area contributed by atoms with Crippen LogP contribution in [-0.2, 0) is 4.74 Å². The van der Waals surface area contributed by atoms with Crippen LogP contribution in [0, 0.1) is 0 Å². The molecule has 0 aliphatic rings. The van der Waals surface area contributed by atoms with Crippen molar-refractivity contribution in [3.8, 4) is 5.69 Å². The summed E-state index contributed by atoms with van der Waals surface area (Å²) in [4.78, 5) is 12.8. The number of methoxy groups -OCH3 is 1. The Morgan fingerprint density at radius 1 is 1.33 bits per heavy atom. The molecule has 2 heterocycles. The van der Waals surface area contributed by atoms with Gasteiger partial charge in [0, 0.05) is 0 Å². The van der Waals surface area contributed by atoms with E-state index in [1.807, 2.05) is 30.3 Å². The molecule has 0 atom stereocenters. The van der Waals surface area contributed by atoms with Crippen molar-refractivity contribution < 1.29 is 9.53 Å². The predicted octanol–water partition coefficient (Wildman–Crippen LogP) is 2.27. The molecule has 90 valence electrons. The van der Waals surface area contributed by atoms with Crippen LogP contribution in [0.4, 0.5) is 0 Å². The average molecular weight is 259 g/mol. The number of rotatable bonds is 2. The Morgan fingerprint density at radius 3 is 2.83 bits per heavy atom. The highest BCUT2D eigenvalue weighted by Gasteiger charge is 2.15. The third-order valence-electron chi connectivity index (χ3n) is 2.52. The largest absolute Gasteiger partial charge is 0.465 e. The van der Waals surface area contributed by atoms with Crippen LogP contribution in [0.2, 0.25) is 0 Å². The highest BCUT2D eigenvalue weighted by Crippen LogP contribution is 2.26. The van der Waals surface area contributed by atoms with Crippen molar-refractivity contribution >= 4 is 27.7 Å². The van der Waals surface area contributed by atoms with Gasteiger partial charge in [-0.05, 0) is 18.2 Å². The van der Waals surface area contributed by atoms with Gasteiger partial charge in [0.25, 0.3) is 0 Å². The third-order valence-corrected chi connectivity index (χ3v) is 3.60. The summed E-state index contributed by atoms with van der Waals surface area (Å²) in [5.41, 5.74) is 1.61. The Kier molecular flexibility index (Phi) is 2.56. The molecule has 0 N–H and O–H groups in total. The zero-order chi connectivity index (χ0) is 12.5. The molecule has 3 aromatic rings. The summed E-state index contributed by atoms with van der Waals surface area (Å²) in [6.07, 6.45) is 0. The van der Waals surface area contributed by atoms with Gasteiger partial charge >= 0.3 is 5.97 Å². The fourth-order valence-electron chi connectivity index (χ4n) is 1.67. The molecule has 0 saturated heterocycles. The molecule has 18 heavy (non-hydrogen) atoms. The van der Waals surface area contributed by atoms with Crippen molar-refractivity contribution in [2.75, 3.05) is 7.11 Å². The molecule has 2 aromatic heterocycles. The first-order valence-corrected chi connectivity index (χ1v) is 6.10. The fourth-order valence-corrected chi connectivity index (χ4v) is 2.65. The van der Waals surface area contributed by atoms with Gasteiger partial charge in [-0.25, -0.2) is 9.48 Å². The van der Waals surface area contributed by atoms with E-state index >= 15 is 0 Å². The number of thiophene rings is 1. The first-order chi connectivity index (χ1) is 8.79. The number of benzene rings is 1. The molecule has 5 nitrogen and oxygen atoms in total. The molecule has 0 amide bonds. The van der Waals surface area contributed by atoms with Crippen LogP contribution in [0.25, 0.3) is 16.0 Å². The monoisotopic (exact) mass is 259 g/mol. The number of nitrogens with zero attached hydrogens (tertiary/aromatic N) is 3. The second-order valence-electron chi connectivity index (χ2n) is 3.63. The number of carbonyl (C=O) groups is 1. The molecule has 3 rings (SSSR count). The molecule has 0 aliphatic carbocycles. The van der Waals surface area contributed by atoms with Crippen LogP contribution in [0.5, 0.6) is 0 Å². The van der Waals surface area contributed by atoms with Gasteiger partial charge in [0.15, 0.2) is 0 Å². The molecular formula is C12H9N3O2S. The van der Waals surface area contributed by atoms with Crippen molar-refractivity contribution in [3.05, 3.63) is 41.3 Å². The van der Waals surface area contributed by atoms with E-state index in [-0.39, 0.29) is 5.97 Å². The van der Waals surface area contributed by atoms with Gasteiger partial charge in [-0.15, -0.1) is 16.4 Å². The van der Waals surface area contributed by atoms with Gasteiger partial charge in [0.2, 0.25) is 0 Å². The number of esters is 1. The van der Waals surface area contributed by atoms with Gasteiger partial charge in [-0.2, -0.15) is 0 Å². The summed E-state index contributed by atoms with van der Waals surface area (Å²) in [5, 5.41) is 8.12. The molecule has 0 bridgehead atoms. The van der Waals surface area contributed by atoms with Gasteiger partial charge in [0.1, 0.15) is 15.2 Å². The molecule has 0 aliphatic heterocycles. The number of ether oxygens (including phenoxy) is 1. The minimum absolute atomic E-state index is 0.349. The lowest BCUT2D eigenvalue weighted by Crippen LogP contribution is -1.98. The van der Waals surface area contributed by atoms with Crippen LogP contribution in [-0.4, -0.2) is 28.1 Å². The molecule has 0 saturated carbocycles. The minimum atomic E-state index is -0.349. The van der Waals surface area contributed by atoms with E-state index in [0.29, 0.717) is 10.4 Å². The van der Waals surface area contributed by atoms with Gasteiger partial charge in [0.05, 0.1) is 12.8 Å². The first-order valence-electron chi connectivity index (χ1n) is 5.28. The maximum Gasteiger partial charge on any atom is 0.348 e. The minimum Gasteiger partial charge on any atom is -0.465 e. The molecule has 0 spiro atoms. The second-order valence-corrected chi connectivity index (χ2v) is 4.66. The number of aromatic nitrogens is 3. The normalized spacial score (nSPS) is 10.7. The molecule has 0 fully saturated rings. The number of para-hydroxylation sites is 1. The zero-order valence-corrected chi connectivity index (χ0v) is 10.3. The maximum absolute atomic E-state index is 11.5. The predicted molar refractivity (Wildman–Crippen MR) is 68.1 cm³/mol. The van der Waals surface area contributed by atoms with Crippen molar-refractivity contribution in [1.82, 2.24) is 15.0 Å². The summed E-state index contributed by atoms with van der Waals surface area (Å²) in [5.74, 6) is -0.349. The highest BCUT2D eigenvalue weighted by atomic mass is 32.1. The summed E-state index contributed by atoms with van der Waals surface area (Å²) in [6, 6.07) is 11.4. The van der Waals surface area contributed by atoms with Crippen LogP contribution >= 0.6 is 11.3 Å². The van der Waals surface area contributed by atoms with E-state index in [4.69, 9.17) is 4.74 Å². The Hall–Kier alpha value is -2.21. The smallest absolute Gasteiger partial charge is 0.348 e. The Labute approximate surface area is 107 Å². The average Bonchev–Trinajstić information content (AvgIpc) is 2.98. The van der Waals surface area contributed by atoms with Crippen LogP contribution in [0.1, 0.15) is 9.67 Å². The number of carbonyl (C=O) groups excluding carboxylic acids is 1. The Morgan fingerprint density at radius 2 is 2.11 bits per heavy atom. The quantitative estimate of drug-likeness (QED) is 0.662. The third kappa shape index (κ3) is 1.67. The fraction of sp³-hybridized carbons (Fsp3) is 0.0833. The van der Waals surface area contributed by atoms with Crippen LogP contribution in [0.15, 0.2) is 36.4 Å². The molecule has 0 radical (unpaired) electrons. The summed E-state index contributed by atoms with van der Waals surface area (Å²) >= 11 is 1.32. The zero-order valence-electron chi connectivity index (χ0n) is 9.53. The van der Waals surface area contributed by atoms with Crippen LogP contribution < -0.4 is 0 Å². The van der Waals surface area contributed by atoms with Crippen molar-refractivity contribution in [3.63, 3.8) is 0 Å².